The zero-order valence-electron chi connectivity index (χ0n) is 14.8. The number of aromatic nitrogens is 6. The van der Waals surface area contributed by atoms with E-state index in [1.54, 1.807) is 0 Å². The molecule has 13 nitrogen and oxygen atoms in total. The fourth-order valence-corrected chi connectivity index (χ4v) is 2.77. The van der Waals surface area contributed by atoms with Crippen LogP contribution in [0.25, 0.3) is 0 Å². The second kappa shape index (κ2) is 9.70. The van der Waals surface area contributed by atoms with Crippen molar-refractivity contribution in [3.63, 3.8) is 0 Å². The summed E-state index contributed by atoms with van der Waals surface area (Å²) in [6, 6.07) is 3.99. The average molecular weight is 505 g/mol. The first kappa shape index (κ1) is 22.4. The molecule has 17 heteroatoms. The number of halogens is 4. The van der Waals surface area contributed by atoms with Gasteiger partial charge in [-0.15, -0.1) is 0 Å². The van der Waals surface area contributed by atoms with Crippen molar-refractivity contribution in [1.29, 1.82) is 0 Å². The van der Waals surface area contributed by atoms with E-state index in [1.807, 2.05) is 0 Å². The predicted octanol–water partition coefficient (Wildman–Crippen LogP) is 1.77. The molecule has 0 aliphatic rings. The highest BCUT2D eigenvalue weighted by Crippen LogP contribution is 2.15. The Hall–Kier alpha value is -3.26. The third-order valence-corrected chi connectivity index (χ3v) is 3.97. The predicted molar refractivity (Wildman–Crippen MR) is 113 cm³/mol. The Morgan fingerprint density at radius 3 is 1.61 bits per heavy atom. The van der Waals surface area contributed by atoms with Gasteiger partial charge in [0.1, 0.15) is 0 Å². The van der Waals surface area contributed by atoms with Crippen LogP contribution < -0.4 is 27.4 Å². The minimum Gasteiger partial charge on any atom is -0.398 e. The van der Waals surface area contributed by atoms with Crippen molar-refractivity contribution < 1.29 is 9.59 Å². The number of carbonyl (C=O) groups excluding carboxylic acids is 2. The molecule has 0 unspecified atom stereocenters. The van der Waals surface area contributed by atoms with Crippen molar-refractivity contribution in [1.82, 2.24) is 40.8 Å². The van der Waals surface area contributed by atoms with Crippen LogP contribution in [0.1, 0.15) is 20.7 Å². The van der Waals surface area contributed by atoms with E-state index in [1.165, 1.54) is 18.2 Å². The third-order valence-electron chi connectivity index (χ3n) is 3.30. The molecule has 2 aromatic heterocycles. The standard InChI is InChI=1S/C14H9Cl4N11O2/c15-9-20-10(16)23-13(22-9)28-26-7(30)4-1-2-5(6(19)3-4)8(31)27-29-14-24-11(17)21-12(18)25-14/h1-3H,19H2,(H,26,30)(H,27,31)(H,20,22,23,28)(H,21,24,25,29). The highest BCUT2D eigenvalue weighted by molar-refractivity contribution is 6.31. The minimum atomic E-state index is -0.635. The van der Waals surface area contributed by atoms with Crippen LogP contribution in [-0.4, -0.2) is 41.7 Å². The quantitative estimate of drug-likeness (QED) is 0.243. The summed E-state index contributed by atoms with van der Waals surface area (Å²) in [4.78, 5) is 46.6. The number of hydrazine groups is 2. The SMILES string of the molecule is Nc1cc(C(=O)NNc2nc(Cl)nc(Cl)n2)ccc1C(=O)NNc1nc(Cl)nc(Cl)n1. The second-order valence-corrected chi connectivity index (χ2v) is 6.71. The summed E-state index contributed by atoms with van der Waals surface area (Å²) in [5.41, 5.74) is 15.6. The Bertz CT molecular complexity index is 1120. The Balaban J connectivity index is 1.63. The van der Waals surface area contributed by atoms with E-state index >= 15 is 0 Å². The first-order chi connectivity index (χ1) is 14.7. The molecule has 0 atom stereocenters. The summed E-state index contributed by atoms with van der Waals surface area (Å²) in [6.45, 7) is 0. The Morgan fingerprint density at radius 1 is 0.710 bits per heavy atom. The number of hydrogen-bond donors (Lipinski definition) is 5. The third kappa shape index (κ3) is 6.11. The zero-order chi connectivity index (χ0) is 22.5. The van der Waals surface area contributed by atoms with Gasteiger partial charge in [0.05, 0.1) is 5.56 Å². The molecule has 6 N–H and O–H groups in total. The lowest BCUT2D eigenvalue weighted by Crippen LogP contribution is -2.32. The van der Waals surface area contributed by atoms with Crippen LogP contribution in [0.3, 0.4) is 0 Å². The molecule has 3 aromatic rings. The smallest absolute Gasteiger partial charge is 0.271 e. The van der Waals surface area contributed by atoms with Gasteiger partial charge >= 0.3 is 0 Å². The molecule has 0 saturated carbocycles. The number of anilines is 3. The summed E-state index contributed by atoms with van der Waals surface area (Å²) in [6.07, 6.45) is 0. The molecule has 2 heterocycles. The Labute approximate surface area is 193 Å². The van der Waals surface area contributed by atoms with Gasteiger partial charge in [-0.1, -0.05) is 0 Å². The van der Waals surface area contributed by atoms with Crippen LogP contribution >= 0.6 is 46.4 Å². The van der Waals surface area contributed by atoms with Gasteiger partial charge in [0.2, 0.25) is 33.0 Å². The van der Waals surface area contributed by atoms with Gasteiger partial charge in [0.15, 0.2) is 0 Å². The van der Waals surface area contributed by atoms with Crippen molar-refractivity contribution in [3.05, 3.63) is 50.5 Å². The van der Waals surface area contributed by atoms with Crippen molar-refractivity contribution in [2.75, 3.05) is 16.6 Å². The number of nitrogens with zero attached hydrogens (tertiary/aromatic N) is 6. The van der Waals surface area contributed by atoms with Gasteiger partial charge in [-0.05, 0) is 64.6 Å². The maximum absolute atomic E-state index is 12.3. The summed E-state index contributed by atoms with van der Waals surface area (Å²) >= 11 is 22.6. The number of nitrogens with two attached hydrogens (primary N) is 1. The van der Waals surface area contributed by atoms with Crippen LogP contribution in [-0.2, 0) is 0 Å². The minimum absolute atomic E-state index is 0.0184. The van der Waals surface area contributed by atoms with Gasteiger partial charge in [-0.3, -0.25) is 31.3 Å². The van der Waals surface area contributed by atoms with Gasteiger partial charge in [0.25, 0.3) is 11.8 Å². The monoisotopic (exact) mass is 503 g/mol. The topological polar surface area (TPSA) is 186 Å². The Morgan fingerprint density at radius 2 is 1.16 bits per heavy atom. The Kier molecular flexibility index (Phi) is 7.02. The van der Waals surface area contributed by atoms with Crippen LogP contribution in [0.5, 0.6) is 0 Å². The lowest BCUT2D eigenvalue weighted by molar-refractivity contribution is 0.0951. The van der Waals surface area contributed by atoms with E-state index in [9.17, 15) is 9.59 Å². The summed E-state index contributed by atoms with van der Waals surface area (Å²) in [5, 5.41) is -0.651. The first-order valence-corrected chi connectivity index (χ1v) is 9.39. The molecule has 0 aliphatic heterocycles. The molecular formula is C14H9Cl4N11O2. The van der Waals surface area contributed by atoms with Crippen LogP contribution in [0.2, 0.25) is 21.1 Å². The molecular weight excluding hydrogens is 496 g/mol. The van der Waals surface area contributed by atoms with E-state index in [-0.39, 0.29) is 49.8 Å². The van der Waals surface area contributed by atoms with Crippen molar-refractivity contribution in [2.24, 2.45) is 0 Å². The first-order valence-electron chi connectivity index (χ1n) is 7.87. The highest BCUT2D eigenvalue weighted by atomic mass is 35.5. The van der Waals surface area contributed by atoms with E-state index in [2.05, 4.69) is 51.6 Å². The molecule has 0 aliphatic carbocycles. The summed E-state index contributed by atoms with van der Waals surface area (Å²) in [7, 11) is 0. The second-order valence-electron chi connectivity index (χ2n) is 5.35. The molecule has 0 radical (unpaired) electrons. The number of hydrogen-bond acceptors (Lipinski definition) is 11. The van der Waals surface area contributed by atoms with Gasteiger partial charge in [0, 0.05) is 11.3 Å². The number of nitrogens with one attached hydrogen (secondary N) is 4. The van der Waals surface area contributed by atoms with Crippen LogP contribution in [0.15, 0.2) is 18.2 Å². The van der Waals surface area contributed by atoms with Gasteiger partial charge < -0.3 is 5.73 Å². The van der Waals surface area contributed by atoms with Crippen molar-refractivity contribution in [3.8, 4) is 0 Å². The maximum Gasteiger partial charge on any atom is 0.271 e. The number of rotatable bonds is 6. The highest BCUT2D eigenvalue weighted by Gasteiger charge is 2.14. The number of benzene rings is 1. The van der Waals surface area contributed by atoms with E-state index < -0.39 is 11.8 Å². The van der Waals surface area contributed by atoms with Crippen LogP contribution in [0, 0.1) is 0 Å². The fourth-order valence-electron chi connectivity index (χ4n) is 2.04. The van der Waals surface area contributed by atoms with Gasteiger partial charge in [-0.25, -0.2) is 0 Å². The number of carbonyl (C=O) groups is 2. The van der Waals surface area contributed by atoms with E-state index in [4.69, 9.17) is 52.1 Å². The molecule has 31 heavy (non-hydrogen) atoms. The normalized spacial score (nSPS) is 10.3. The van der Waals surface area contributed by atoms with Gasteiger partial charge in [-0.2, -0.15) is 29.9 Å². The molecule has 0 bridgehead atoms. The maximum atomic E-state index is 12.3. The number of nitrogen functional groups attached to an aromatic ring is 1. The average Bonchev–Trinajstić information content (AvgIpc) is 2.68. The number of amides is 2. The van der Waals surface area contributed by atoms with Crippen LogP contribution in [0.4, 0.5) is 17.6 Å². The molecule has 0 fully saturated rings. The molecule has 3 rings (SSSR count). The molecule has 1 aromatic carbocycles. The molecule has 0 spiro atoms. The fraction of sp³-hybridized carbons (Fsp3) is 0. The van der Waals surface area contributed by atoms with E-state index in [0.29, 0.717) is 0 Å². The molecule has 0 saturated heterocycles. The lowest BCUT2D eigenvalue weighted by Gasteiger charge is -2.11. The molecule has 160 valence electrons. The van der Waals surface area contributed by atoms with Crippen molar-refractivity contribution in [2.45, 2.75) is 0 Å². The largest absolute Gasteiger partial charge is 0.398 e. The summed E-state index contributed by atoms with van der Waals surface area (Å²) in [5.74, 6) is -1.40. The summed E-state index contributed by atoms with van der Waals surface area (Å²) < 4.78 is 0. The zero-order valence-corrected chi connectivity index (χ0v) is 17.8. The lowest BCUT2D eigenvalue weighted by atomic mass is 10.1. The van der Waals surface area contributed by atoms with Crippen molar-refractivity contribution >= 4 is 75.8 Å². The molecule has 2 amide bonds. The van der Waals surface area contributed by atoms with E-state index in [0.717, 1.165) is 0 Å².